The molecule has 132 valence electrons. The average Bonchev–Trinajstić information content (AvgIpc) is 3.12. The van der Waals surface area contributed by atoms with Crippen molar-refractivity contribution < 1.29 is 18.7 Å². The fourth-order valence-corrected chi connectivity index (χ4v) is 3.43. The van der Waals surface area contributed by atoms with E-state index < -0.39 is 0 Å². The van der Waals surface area contributed by atoms with Gasteiger partial charge in [0.25, 0.3) is 5.91 Å². The highest BCUT2D eigenvalue weighted by atomic mass is 35.5. The summed E-state index contributed by atoms with van der Waals surface area (Å²) in [5.41, 5.74) is 0.965. The lowest BCUT2D eigenvalue weighted by Gasteiger charge is -2.33. The lowest BCUT2D eigenvalue weighted by Crippen LogP contribution is -2.42. The average molecular weight is 363 g/mol. The second kappa shape index (κ2) is 6.69. The van der Waals surface area contributed by atoms with Crippen molar-refractivity contribution in [2.24, 2.45) is 0 Å². The van der Waals surface area contributed by atoms with E-state index >= 15 is 0 Å². The van der Waals surface area contributed by atoms with Crippen molar-refractivity contribution in [1.82, 2.24) is 4.98 Å². The van der Waals surface area contributed by atoms with Crippen LogP contribution in [0.1, 0.15) is 42.1 Å². The van der Waals surface area contributed by atoms with Crippen LogP contribution in [0.3, 0.4) is 0 Å². The van der Waals surface area contributed by atoms with E-state index in [9.17, 15) is 4.79 Å². The number of ether oxygens (including phenoxy) is 2. The van der Waals surface area contributed by atoms with Gasteiger partial charge in [0.1, 0.15) is 18.1 Å². The fourth-order valence-electron chi connectivity index (χ4n) is 3.26. The number of oxazole rings is 1. The summed E-state index contributed by atoms with van der Waals surface area (Å²) in [7, 11) is 0. The molecule has 4 rings (SSSR count). The summed E-state index contributed by atoms with van der Waals surface area (Å²) in [5, 5.41) is 0.553. The summed E-state index contributed by atoms with van der Waals surface area (Å²) in [6.45, 7) is 3.76. The Kier molecular flexibility index (Phi) is 4.39. The van der Waals surface area contributed by atoms with Crippen molar-refractivity contribution in [2.75, 3.05) is 24.7 Å². The molecular formula is C18H19ClN2O4. The Morgan fingerprint density at radius 2 is 2.12 bits per heavy atom. The molecule has 1 fully saturated rings. The summed E-state index contributed by atoms with van der Waals surface area (Å²) in [5.74, 6) is 1.25. The predicted octanol–water partition coefficient (Wildman–Crippen LogP) is 3.65. The number of hydrogen-bond acceptors (Lipinski definition) is 5. The molecule has 1 saturated heterocycles. The molecule has 1 aromatic carbocycles. The molecule has 0 radical (unpaired) electrons. The van der Waals surface area contributed by atoms with E-state index in [1.54, 1.807) is 23.1 Å². The molecule has 1 amide bonds. The van der Waals surface area contributed by atoms with Gasteiger partial charge in [0.05, 0.1) is 12.2 Å². The van der Waals surface area contributed by atoms with Crippen LogP contribution in [-0.2, 0) is 4.74 Å². The third kappa shape index (κ3) is 3.24. The highest BCUT2D eigenvalue weighted by Gasteiger charge is 2.31. The zero-order valence-electron chi connectivity index (χ0n) is 13.9. The second-order valence-corrected chi connectivity index (χ2v) is 6.85. The molecular weight excluding hydrogens is 344 g/mol. The molecule has 0 N–H and O–H groups in total. The summed E-state index contributed by atoms with van der Waals surface area (Å²) in [6.07, 6.45) is 3.05. The van der Waals surface area contributed by atoms with Gasteiger partial charge >= 0.3 is 0 Å². The summed E-state index contributed by atoms with van der Waals surface area (Å²) in [4.78, 5) is 19.1. The van der Waals surface area contributed by atoms with Crippen LogP contribution < -0.4 is 9.64 Å². The molecule has 1 atom stereocenters. The summed E-state index contributed by atoms with van der Waals surface area (Å²) in [6, 6.07) is 5.27. The van der Waals surface area contributed by atoms with Gasteiger partial charge in [-0.1, -0.05) is 11.6 Å². The number of fused-ring (bicyclic) bond motifs is 1. The first kappa shape index (κ1) is 16.4. The molecule has 2 aliphatic heterocycles. The second-order valence-electron chi connectivity index (χ2n) is 6.41. The highest BCUT2D eigenvalue weighted by Crippen LogP contribution is 2.36. The SMILES string of the molecule is CC1CN(C(=O)c2coc(C3CCOCC3)n2)c2cc(Cl)ccc2O1. The zero-order chi connectivity index (χ0) is 17.4. The van der Waals surface area contributed by atoms with E-state index in [1.165, 1.54) is 6.26 Å². The summed E-state index contributed by atoms with van der Waals surface area (Å²) < 4.78 is 16.7. The quantitative estimate of drug-likeness (QED) is 0.815. The largest absolute Gasteiger partial charge is 0.487 e. The van der Waals surface area contributed by atoms with Crippen LogP contribution in [0, 0.1) is 0 Å². The number of amides is 1. The van der Waals surface area contributed by atoms with Gasteiger partial charge in [0.15, 0.2) is 11.6 Å². The summed E-state index contributed by atoms with van der Waals surface area (Å²) >= 11 is 6.10. The van der Waals surface area contributed by atoms with Gasteiger partial charge in [-0.3, -0.25) is 9.69 Å². The first-order chi connectivity index (χ1) is 12.1. The predicted molar refractivity (Wildman–Crippen MR) is 92.5 cm³/mol. The van der Waals surface area contributed by atoms with Crippen LogP contribution in [0.2, 0.25) is 5.02 Å². The van der Waals surface area contributed by atoms with Crippen molar-refractivity contribution in [1.29, 1.82) is 0 Å². The molecule has 0 aliphatic carbocycles. The third-order valence-corrected chi connectivity index (χ3v) is 4.77. The number of anilines is 1. The Morgan fingerprint density at radius 3 is 2.92 bits per heavy atom. The van der Waals surface area contributed by atoms with E-state index in [2.05, 4.69) is 4.98 Å². The number of carbonyl (C=O) groups excluding carboxylic acids is 1. The third-order valence-electron chi connectivity index (χ3n) is 4.54. The van der Waals surface area contributed by atoms with Crippen molar-refractivity contribution in [3.8, 4) is 5.75 Å². The van der Waals surface area contributed by atoms with Crippen molar-refractivity contribution in [2.45, 2.75) is 31.8 Å². The molecule has 2 aromatic rings. The van der Waals surface area contributed by atoms with Gasteiger partial charge in [-0.05, 0) is 38.0 Å². The van der Waals surface area contributed by atoms with Crippen LogP contribution in [-0.4, -0.2) is 36.8 Å². The molecule has 0 spiro atoms. The smallest absolute Gasteiger partial charge is 0.280 e. The zero-order valence-corrected chi connectivity index (χ0v) is 14.7. The Morgan fingerprint density at radius 1 is 1.32 bits per heavy atom. The molecule has 1 aromatic heterocycles. The number of hydrogen-bond donors (Lipinski definition) is 0. The van der Waals surface area contributed by atoms with E-state index in [4.69, 9.17) is 25.5 Å². The first-order valence-electron chi connectivity index (χ1n) is 8.43. The fraction of sp³-hybridized carbons (Fsp3) is 0.444. The van der Waals surface area contributed by atoms with E-state index in [0.29, 0.717) is 47.8 Å². The Labute approximate surface area is 150 Å². The highest BCUT2D eigenvalue weighted by molar-refractivity contribution is 6.31. The van der Waals surface area contributed by atoms with Gasteiger partial charge in [0.2, 0.25) is 0 Å². The first-order valence-corrected chi connectivity index (χ1v) is 8.81. The van der Waals surface area contributed by atoms with Gasteiger partial charge < -0.3 is 13.9 Å². The standard InChI is InChI=1S/C18H19ClN2O4/c1-11-9-21(15-8-13(19)2-3-16(15)25-11)18(22)14-10-24-17(20-14)12-4-6-23-7-5-12/h2-3,8,10-12H,4-7,9H2,1H3. The van der Waals surface area contributed by atoms with Crippen molar-refractivity contribution in [3.05, 3.63) is 41.1 Å². The molecule has 7 heteroatoms. The molecule has 3 heterocycles. The lowest BCUT2D eigenvalue weighted by molar-refractivity contribution is 0.0794. The van der Waals surface area contributed by atoms with Gasteiger partial charge in [-0.15, -0.1) is 0 Å². The van der Waals surface area contributed by atoms with Crippen LogP contribution in [0.5, 0.6) is 5.75 Å². The maximum Gasteiger partial charge on any atom is 0.280 e. The molecule has 2 aliphatic rings. The van der Waals surface area contributed by atoms with E-state index in [1.807, 2.05) is 6.92 Å². The van der Waals surface area contributed by atoms with Crippen LogP contribution in [0.15, 0.2) is 28.9 Å². The van der Waals surface area contributed by atoms with Gasteiger partial charge in [-0.25, -0.2) is 4.98 Å². The van der Waals surface area contributed by atoms with E-state index in [0.717, 1.165) is 12.8 Å². The van der Waals surface area contributed by atoms with Crippen molar-refractivity contribution in [3.63, 3.8) is 0 Å². The lowest BCUT2D eigenvalue weighted by atomic mass is 10.0. The number of benzene rings is 1. The minimum absolute atomic E-state index is 0.112. The van der Waals surface area contributed by atoms with Gasteiger partial charge in [-0.2, -0.15) is 0 Å². The number of nitrogens with zero attached hydrogens (tertiary/aromatic N) is 2. The topological polar surface area (TPSA) is 64.8 Å². The molecule has 25 heavy (non-hydrogen) atoms. The maximum atomic E-state index is 13.0. The number of halogens is 1. The molecule has 0 bridgehead atoms. The van der Waals surface area contributed by atoms with Gasteiger partial charge in [0, 0.05) is 24.2 Å². The number of carbonyl (C=O) groups is 1. The minimum atomic E-state index is -0.208. The maximum absolute atomic E-state index is 13.0. The molecule has 1 unspecified atom stereocenters. The van der Waals surface area contributed by atoms with E-state index in [-0.39, 0.29) is 17.9 Å². The van der Waals surface area contributed by atoms with Crippen LogP contribution in [0.25, 0.3) is 0 Å². The monoisotopic (exact) mass is 362 g/mol. The normalized spacial score (nSPS) is 20.9. The number of aromatic nitrogens is 1. The Hall–Kier alpha value is -2.05. The number of rotatable bonds is 2. The molecule has 6 nitrogen and oxygen atoms in total. The van der Waals surface area contributed by atoms with Crippen LogP contribution >= 0.6 is 11.6 Å². The molecule has 0 saturated carbocycles. The Balaban J connectivity index is 1.61. The van der Waals surface area contributed by atoms with Crippen LogP contribution in [0.4, 0.5) is 5.69 Å². The van der Waals surface area contributed by atoms with Crippen molar-refractivity contribution >= 4 is 23.2 Å². The minimum Gasteiger partial charge on any atom is -0.487 e. The Bertz CT molecular complexity index is 785.